The molecule has 296 valence electrons. The second-order valence-corrected chi connectivity index (χ2v) is 25.1. The van der Waals surface area contributed by atoms with Crippen LogP contribution >= 0.6 is 59.6 Å². The van der Waals surface area contributed by atoms with E-state index in [4.69, 9.17) is 34.8 Å². The van der Waals surface area contributed by atoms with E-state index in [0.29, 0.717) is 0 Å². The number of benzene rings is 6. The molecule has 0 amide bonds. The van der Waals surface area contributed by atoms with Gasteiger partial charge < -0.3 is 0 Å². The number of hydrogen-bond acceptors (Lipinski definition) is 0. The molecule has 0 fully saturated rings. The van der Waals surface area contributed by atoms with E-state index < -0.39 is 21.3 Å². The van der Waals surface area contributed by atoms with Crippen molar-refractivity contribution < 1.29 is 21.3 Å². The third-order valence-corrected chi connectivity index (χ3v) is 20.4. The number of halogens is 5. The van der Waals surface area contributed by atoms with Crippen LogP contribution in [-0.2, 0) is 38.5 Å². The van der Waals surface area contributed by atoms with E-state index in [1.54, 1.807) is 6.49 Å². The third kappa shape index (κ3) is 9.03. The largest absolute Gasteiger partial charge is 0.147 e. The van der Waals surface area contributed by atoms with Crippen molar-refractivity contribution in [2.24, 2.45) is 0 Å². The SMILES string of the molecule is CC(C)(C)c1cc2c(cc1-c1ccc(Cl)cc1)[CH](/[Zr]([C]1=CC=CC1)=[C](\Cc1ccc(Cl)cc1)c1ccccc1)c1cc(-c3ccc(Cl)cc3)c(C(C)(C)C)cc1-2.Cl.Cl. The van der Waals surface area contributed by atoms with E-state index in [-0.39, 0.29) is 39.3 Å². The van der Waals surface area contributed by atoms with E-state index in [0.717, 1.165) is 27.9 Å². The summed E-state index contributed by atoms with van der Waals surface area (Å²) in [7, 11) is 0. The second kappa shape index (κ2) is 17.9. The van der Waals surface area contributed by atoms with Crippen molar-refractivity contribution in [2.75, 3.05) is 0 Å². The summed E-state index contributed by atoms with van der Waals surface area (Å²) < 4.78 is 3.48. The Morgan fingerprint density at radius 3 is 1.43 bits per heavy atom. The fourth-order valence-electron chi connectivity index (χ4n) is 8.63. The van der Waals surface area contributed by atoms with Crippen LogP contribution in [0.15, 0.2) is 149 Å². The summed E-state index contributed by atoms with van der Waals surface area (Å²) in [5.41, 5.74) is 15.8. The molecule has 0 saturated heterocycles. The minimum absolute atomic E-state index is 0. The van der Waals surface area contributed by atoms with Gasteiger partial charge in [-0.1, -0.05) is 0 Å². The molecule has 8 rings (SSSR count). The summed E-state index contributed by atoms with van der Waals surface area (Å²) in [5.74, 6) is 0. The van der Waals surface area contributed by atoms with Crippen molar-refractivity contribution in [3.8, 4) is 33.4 Å². The molecule has 6 aromatic carbocycles. The van der Waals surface area contributed by atoms with Gasteiger partial charge in [0.15, 0.2) is 0 Å². The van der Waals surface area contributed by atoms with Crippen LogP contribution in [0.1, 0.15) is 85.0 Å². The van der Waals surface area contributed by atoms with E-state index in [9.17, 15) is 0 Å². The van der Waals surface area contributed by atoms with Gasteiger partial charge in [-0.3, -0.25) is 0 Å². The van der Waals surface area contributed by atoms with Crippen LogP contribution < -0.4 is 0 Å². The first-order chi connectivity index (χ1) is 26.8. The Morgan fingerprint density at radius 2 is 1.02 bits per heavy atom. The van der Waals surface area contributed by atoms with Crippen LogP contribution in [0.2, 0.25) is 15.1 Å². The monoisotopic (exact) mass is 938 g/mol. The van der Waals surface area contributed by atoms with Gasteiger partial charge in [0.1, 0.15) is 0 Å². The first-order valence-electron chi connectivity index (χ1n) is 19.5. The Morgan fingerprint density at radius 1 is 0.569 bits per heavy atom. The van der Waals surface area contributed by atoms with Crippen molar-refractivity contribution >= 4 is 62.8 Å². The molecule has 0 spiro atoms. The van der Waals surface area contributed by atoms with Crippen molar-refractivity contribution in [1.29, 1.82) is 0 Å². The van der Waals surface area contributed by atoms with E-state index in [1.807, 2.05) is 36.4 Å². The van der Waals surface area contributed by atoms with Crippen molar-refractivity contribution in [3.63, 3.8) is 0 Å². The van der Waals surface area contributed by atoms with Gasteiger partial charge in [-0.25, -0.2) is 0 Å². The van der Waals surface area contributed by atoms with Gasteiger partial charge >= 0.3 is 359 Å². The Balaban J connectivity index is 0.00000283. The Kier molecular flexibility index (Phi) is 13.8. The second-order valence-electron chi connectivity index (χ2n) is 17.3. The van der Waals surface area contributed by atoms with Crippen LogP contribution in [-0.4, -0.2) is 3.21 Å². The molecular formula is C52H49Cl5Zr. The number of fused-ring (bicyclic) bond motifs is 3. The van der Waals surface area contributed by atoms with E-state index in [1.165, 1.54) is 66.8 Å². The normalized spacial score (nSPS) is 13.9. The van der Waals surface area contributed by atoms with Crippen LogP contribution in [0.3, 0.4) is 0 Å². The summed E-state index contributed by atoms with van der Waals surface area (Å²) in [6, 6.07) is 46.9. The Hall–Kier alpha value is -3.00. The molecule has 0 N–H and O–H groups in total. The molecular weight excluding hydrogens is 893 g/mol. The van der Waals surface area contributed by atoms with Crippen LogP contribution in [0.4, 0.5) is 0 Å². The first-order valence-corrected chi connectivity index (χ1v) is 24.6. The summed E-state index contributed by atoms with van der Waals surface area (Å²) in [6.45, 7) is 14.1. The molecule has 58 heavy (non-hydrogen) atoms. The first kappa shape index (κ1) is 44.6. The van der Waals surface area contributed by atoms with Crippen LogP contribution in [0.25, 0.3) is 33.4 Å². The zero-order chi connectivity index (χ0) is 39.4. The third-order valence-electron chi connectivity index (χ3n) is 11.4. The van der Waals surface area contributed by atoms with Crippen molar-refractivity contribution in [2.45, 2.75) is 68.8 Å². The molecule has 6 heteroatoms. The molecule has 0 heterocycles. The predicted molar refractivity (Wildman–Crippen MR) is 254 cm³/mol. The summed E-state index contributed by atoms with van der Waals surface area (Å²) in [6.07, 6.45) is 9.01. The van der Waals surface area contributed by atoms with E-state index in [2.05, 4.69) is 151 Å². The molecule has 0 unspecified atom stereocenters. The number of rotatable bonds is 7. The van der Waals surface area contributed by atoms with Gasteiger partial charge in [0, 0.05) is 0 Å². The van der Waals surface area contributed by atoms with Crippen LogP contribution in [0, 0.1) is 0 Å². The Bertz CT molecular complexity index is 2420. The molecule has 2 aliphatic rings. The average molecular weight is 942 g/mol. The molecule has 0 aliphatic heterocycles. The predicted octanol–water partition coefficient (Wildman–Crippen LogP) is 16.4. The summed E-state index contributed by atoms with van der Waals surface area (Å²) in [5, 5.41) is 2.27. The zero-order valence-electron chi connectivity index (χ0n) is 33.8. The fraction of sp³-hybridized carbons (Fsp3) is 0.212. The minimum Gasteiger partial charge on any atom is -0.147 e. The van der Waals surface area contributed by atoms with Gasteiger partial charge in [-0.15, -0.1) is 24.8 Å². The standard InChI is InChI=1S/C33H31Cl2.C14H11Cl.C5H5.2ClH.Zr/c1-32(2,3)30-18-26-22(16-28(30)20-7-11-24(34)12-8-20)15-23-17-29(21-9-13-25(35)14-10-21)31(19-27(23)26)33(4,5)6;15-14-10-8-13(9-11-14)7-6-12-4-2-1-3-5-12;1-2-4-5-3-1;;;/h7-19H,1-6H3;1-5,8-11H,7H2;1-3H,4H2;2*1H;. The molecule has 2 aliphatic carbocycles. The van der Waals surface area contributed by atoms with Crippen LogP contribution in [0.5, 0.6) is 0 Å². The van der Waals surface area contributed by atoms with Crippen molar-refractivity contribution in [3.05, 3.63) is 197 Å². The topological polar surface area (TPSA) is 0 Å². The molecule has 0 radical (unpaired) electrons. The maximum absolute atomic E-state index is 6.49. The quantitative estimate of drug-likeness (QED) is 0.150. The maximum Gasteiger partial charge on any atom is -0.147 e. The van der Waals surface area contributed by atoms with Gasteiger partial charge in [-0.05, 0) is 0 Å². The fourth-order valence-corrected chi connectivity index (χ4v) is 18.1. The molecule has 0 saturated carbocycles. The van der Waals surface area contributed by atoms with Crippen molar-refractivity contribution in [1.82, 2.24) is 0 Å². The zero-order valence-corrected chi connectivity index (χ0v) is 40.2. The summed E-state index contributed by atoms with van der Waals surface area (Å²) in [4.78, 5) is 0. The van der Waals surface area contributed by atoms with Gasteiger partial charge in [-0.2, -0.15) is 0 Å². The number of allylic oxidation sites excluding steroid dienone is 4. The molecule has 0 bridgehead atoms. The molecule has 0 atom stereocenters. The summed E-state index contributed by atoms with van der Waals surface area (Å²) >= 11 is 16.5. The number of hydrogen-bond donors (Lipinski definition) is 0. The molecule has 6 aromatic rings. The van der Waals surface area contributed by atoms with E-state index >= 15 is 0 Å². The minimum atomic E-state index is -2.95. The van der Waals surface area contributed by atoms with Gasteiger partial charge in [0.25, 0.3) is 0 Å². The van der Waals surface area contributed by atoms with Gasteiger partial charge in [0.05, 0.1) is 0 Å². The van der Waals surface area contributed by atoms with Gasteiger partial charge in [0.2, 0.25) is 0 Å². The average Bonchev–Trinajstić information content (AvgIpc) is 3.81. The Labute approximate surface area is 380 Å². The maximum atomic E-state index is 6.49. The molecule has 0 aromatic heterocycles. The molecule has 0 nitrogen and oxygen atoms in total. The smallest absolute Gasteiger partial charge is 0.147 e.